The molecule has 1 N–H and O–H groups in total. The molecule has 0 unspecified atom stereocenters. The first-order chi connectivity index (χ1) is 8.97. The molecule has 0 atom stereocenters. The van der Waals surface area contributed by atoms with Crippen LogP contribution in [0.25, 0.3) is 0 Å². The van der Waals surface area contributed by atoms with E-state index in [2.05, 4.69) is 10.3 Å². The molecule has 0 saturated heterocycles. The molecule has 0 spiro atoms. The van der Waals surface area contributed by atoms with E-state index >= 15 is 0 Å². The normalized spacial score (nSPS) is 11.5. The molecule has 8 heteroatoms. The van der Waals surface area contributed by atoms with E-state index in [-0.39, 0.29) is 18.9 Å². The number of carbonyl (C=O) groups excluding carboxylic acids is 1. The highest BCUT2D eigenvalue weighted by Gasteiger charge is 2.33. The highest BCUT2D eigenvalue weighted by Crippen LogP contribution is 2.29. The van der Waals surface area contributed by atoms with E-state index in [9.17, 15) is 18.0 Å². The predicted molar refractivity (Wildman–Crippen MR) is 67.5 cm³/mol. The summed E-state index contributed by atoms with van der Waals surface area (Å²) in [5.41, 5.74) is -0.322. The molecule has 102 valence electrons. The first-order valence-electron chi connectivity index (χ1n) is 5.29. The maximum absolute atomic E-state index is 12.3. The molecule has 2 rings (SSSR count). The van der Waals surface area contributed by atoms with E-state index in [0.29, 0.717) is 10.6 Å². The van der Waals surface area contributed by atoms with Crippen molar-refractivity contribution in [1.82, 2.24) is 10.3 Å². The van der Waals surface area contributed by atoms with E-state index in [1.54, 1.807) is 16.8 Å². The lowest BCUT2D eigenvalue weighted by molar-refractivity contribution is -0.140. The van der Waals surface area contributed by atoms with Gasteiger partial charge in [-0.15, -0.1) is 11.3 Å². The summed E-state index contributed by atoms with van der Waals surface area (Å²) < 4.78 is 36.9. The number of hydrogen-bond acceptors (Lipinski definition) is 4. The number of thiazole rings is 1. The second-order valence-corrected chi connectivity index (χ2v) is 5.36. The monoisotopic (exact) mass is 306 g/mol. The van der Waals surface area contributed by atoms with Crippen LogP contribution in [0.3, 0.4) is 0 Å². The third-order valence-corrected chi connectivity index (χ3v) is 3.84. The molecule has 19 heavy (non-hydrogen) atoms. The van der Waals surface area contributed by atoms with Gasteiger partial charge in [-0.05, 0) is 11.4 Å². The summed E-state index contributed by atoms with van der Waals surface area (Å²) in [6, 6.07) is 1.69. The fourth-order valence-corrected chi connectivity index (χ4v) is 2.78. The van der Waals surface area contributed by atoms with Crippen LogP contribution in [0, 0.1) is 0 Å². The SMILES string of the molecule is O=C(NCCc1nc(C(F)(F)F)cs1)c1ccsc1. The highest BCUT2D eigenvalue weighted by atomic mass is 32.1. The summed E-state index contributed by atoms with van der Waals surface area (Å²) in [6.07, 6.45) is -4.12. The summed E-state index contributed by atoms with van der Waals surface area (Å²) in [5, 5.41) is 7.47. The van der Waals surface area contributed by atoms with Crippen LogP contribution >= 0.6 is 22.7 Å². The molecule has 0 aliphatic rings. The Morgan fingerprint density at radius 3 is 2.74 bits per heavy atom. The largest absolute Gasteiger partial charge is 0.434 e. The van der Waals surface area contributed by atoms with Crippen LogP contribution in [0.1, 0.15) is 21.1 Å². The molecule has 0 aliphatic carbocycles. The second kappa shape index (κ2) is 5.70. The number of nitrogens with zero attached hydrogens (tertiary/aromatic N) is 1. The summed E-state index contributed by atoms with van der Waals surface area (Å²) in [4.78, 5) is 15.0. The van der Waals surface area contributed by atoms with E-state index in [4.69, 9.17) is 0 Å². The van der Waals surface area contributed by atoms with Gasteiger partial charge in [-0.2, -0.15) is 24.5 Å². The van der Waals surface area contributed by atoms with Crippen molar-refractivity contribution in [3.05, 3.63) is 38.5 Å². The van der Waals surface area contributed by atoms with Gasteiger partial charge in [0.05, 0.1) is 5.01 Å². The van der Waals surface area contributed by atoms with Crippen LogP contribution in [-0.2, 0) is 12.6 Å². The van der Waals surface area contributed by atoms with E-state index in [1.165, 1.54) is 11.3 Å². The summed E-state index contributed by atoms with van der Waals surface area (Å²) in [6.45, 7) is 0.263. The Morgan fingerprint density at radius 2 is 2.16 bits per heavy atom. The Labute approximate surface area is 115 Å². The van der Waals surface area contributed by atoms with E-state index in [0.717, 1.165) is 16.7 Å². The zero-order valence-corrected chi connectivity index (χ0v) is 11.2. The van der Waals surface area contributed by atoms with Gasteiger partial charge in [-0.1, -0.05) is 0 Å². The molecule has 2 heterocycles. The topological polar surface area (TPSA) is 42.0 Å². The number of thiophene rings is 1. The Bertz CT molecular complexity index is 549. The molecule has 0 bridgehead atoms. The smallest absolute Gasteiger partial charge is 0.352 e. The van der Waals surface area contributed by atoms with Crippen molar-refractivity contribution in [2.45, 2.75) is 12.6 Å². The fraction of sp³-hybridized carbons (Fsp3) is 0.273. The van der Waals surface area contributed by atoms with Gasteiger partial charge < -0.3 is 5.32 Å². The Balaban J connectivity index is 1.83. The maximum Gasteiger partial charge on any atom is 0.434 e. The first kappa shape index (κ1) is 14.0. The summed E-state index contributed by atoms with van der Waals surface area (Å²) in [5.74, 6) is -0.228. The van der Waals surface area contributed by atoms with Gasteiger partial charge in [0, 0.05) is 29.3 Å². The number of nitrogens with one attached hydrogen (secondary N) is 1. The first-order valence-corrected chi connectivity index (χ1v) is 7.11. The van der Waals surface area contributed by atoms with Gasteiger partial charge in [0.2, 0.25) is 0 Å². The molecule has 0 aromatic carbocycles. The molecule has 2 aromatic heterocycles. The predicted octanol–water partition coefficient (Wildman–Crippen LogP) is 3.20. The van der Waals surface area contributed by atoms with Gasteiger partial charge in [0.15, 0.2) is 5.69 Å². The lowest BCUT2D eigenvalue weighted by Crippen LogP contribution is -2.25. The van der Waals surface area contributed by atoms with Gasteiger partial charge >= 0.3 is 6.18 Å². The number of halogens is 3. The van der Waals surface area contributed by atoms with E-state index < -0.39 is 11.9 Å². The van der Waals surface area contributed by atoms with Crippen molar-refractivity contribution in [2.75, 3.05) is 6.54 Å². The second-order valence-electron chi connectivity index (χ2n) is 3.64. The number of rotatable bonds is 4. The van der Waals surface area contributed by atoms with Crippen molar-refractivity contribution in [1.29, 1.82) is 0 Å². The summed E-state index contributed by atoms with van der Waals surface area (Å²) in [7, 11) is 0. The zero-order chi connectivity index (χ0) is 13.9. The van der Waals surface area contributed by atoms with Crippen LogP contribution in [0.15, 0.2) is 22.2 Å². The molecular formula is C11H9F3N2OS2. The quantitative estimate of drug-likeness (QED) is 0.942. The lowest BCUT2D eigenvalue weighted by atomic mass is 10.3. The standard InChI is InChI=1S/C11H9F3N2OS2/c12-11(13,14)8-6-19-9(16-8)1-3-15-10(17)7-2-4-18-5-7/h2,4-6H,1,3H2,(H,15,17). The highest BCUT2D eigenvalue weighted by molar-refractivity contribution is 7.09. The van der Waals surface area contributed by atoms with E-state index in [1.807, 2.05) is 0 Å². The van der Waals surface area contributed by atoms with Crippen LogP contribution in [0.5, 0.6) is 0 Å². The van der Waals surface area contributed by atoms with Gasteiger partial charge in [-0.3, -0.25) is 4.79 Å². The molecular weight excluding hydrogens is 297 g/mol. The van der Waals surface area contributed by atoms with Crippen molar-refractivity contribution in [2.24, 2.45) is 0 Å². The van der Waals surface area contributed by atoms with Crippen molar-refractivity contribution in [3.63, 3.8) is 0 Å². The minimum Gasteiger partial charge on any atom is -0.352 e. The van der Waals surface area contributed by atoms with Crippen molar-refractivity contribution >= 4 is 28.6 Å². The average molecular weight is 306 g/mol. The third-order valence-electron chi connectivity index (χ3n) is 2.25. The molecule has 0 fully saturated rings. The number of carbonyl (C=O) groups is 1. The minimum atomic E-state index is -4.41. The lowest BCUT2D eigenvalue weighted by Gasteiger charge is -2.02. The molecule has 3 nitrogen and oxygen atoms in total. The Kier molecular flexibility index (Phi) is 4.20. The molecule has 0 saturated carbocycles. The summed E-state index contributed by atoms with van der Waals surface area (Å²) >= 11 is 2.35. The molecule has 0 aliphatic heterocycles. The third kappa shape index (κ3) is 3.77. The zero-order valence-electron chi connectivity index (χ0n) is 9.53. The molecule has 0 radical (unpaired) electrons. The molecule has 2 aromatic rings. The maximum atomic E-state index is 12.3. The number of alkyl halides is 3. The van der Waals surface area contributed by atoms with Crippen LogP contribution in [-0.4, -0.2) is 17.4 Å². The number of aromatic nitrogens is 1. The van der Waals surface area contributed by atoms with Crippen molar-refractivity contribution < 1.29 is 18.0 Å². The Hall–Kier alpha value is -1.41. The van der Waals surface area contributed by atoms with Crippen LogP contribution in [0.4, 0.5) is 13.2 Å². The van der Waals surface area contributed by atoms with Crippen LogP contribution in [0.2, 0.25) is 0 Å². The fourth-order valence-electron chi connectivity index (χ4n) is 1.33. The minimum absolute atomic E-state index is 0.228. The number of amides is 1. The van der Waals surface area contributed by atoms with Crippen molar-refractivity contribution in [3.8, 4) is 0 Å². The molecule has 1 amide bonds. The number of hydrogen-bond donors (Lipinski definition) is 1. The average Bonchev–Trinajstić information content (AvgIpc) is 2.99. The van der Waals surface area contributed by atoms with Gasteiger partial charge in [0.25, 0.3) is 5.91 Å². The Morgan fingerprint density at radius 1 is 1.37 bits per heavy atom. The van der Waals surface area contributed by atoms with Gasteiger partial charge in [-0.25, -0.2) is 4.98 Å². The van der Waals surface area contributed by atoms with Gasteiger partial charge in [0.1, 0.15) is 0 Å². The van der Waals surface area contributed by atoms with Crippen LogP contribution < -0.4 is 5.32 Å².